The summed E-state index contributed by atoms with van der Waals surface area (Å²) in [4.78, 5) is 11.7. The molecule has 1 rings (SSSR count). The number of phenolic OH excluding ortho intramolecular Hbond substituents is 1. The molecule has 0 saturated carbocycles. The highest BCUT2D eigenvalue weighted by Gasteiger charge is 2.07. The van der Waals surface area contributed by atoms with Gasteiger partial charge in [0.05, 0.1) is 13.7 Å². The Morgan fingerprint density at radius 2 is 2.00 bits per heavy atom. The number of rotatable bonds is 10. The first-order chi connectivity index (χ1) is 10.5. The number of aryl methyl sites for hydroxylation is 1. The molecule has 0 aliphatic rings. The molecule has 1 aromatic rings. The van der Waals surface area contributed by atoms with Gasteiger partial charge in [0.1, 0.15) is 0 Å². The number of aromatic hydroxyl groups is 1. The minimum Gasteiger partial charge on any atom is -0.504 e. The summed E-state index contributed by atoms with van der Waals surface area (Å²) in [6.45, 7) is 4.95. The van der Waals surface area contributed by atoms with E-state index in [0.29, 0.717) is 25.2 Å². The van der Waals surface area contributed by atoms with Crippen molar-refractivity contribution >= 4 is 5.97 Å². The predicted octanol–water partition coefficient (Wildman–Crippen LogP) is 4.09. The Morgan fingerprint density at radius 1 is 1.23 bits per heavy atom. The van der Waals surface area contributed by atoms with Crippen molar-refractivity contribution in [3.63, 3.8) is 0 Å². The fraction of sp³-hybridized carbons (Fsp3) is 0.611. The van der Waals surface area contributed by atoms with Crippen LogP contribution >= 0.6 is 0 Å². The molecular formula is C18H28O4. The van der Waals surface area contributed by atoms with Crippen molar-refractivity contribution in [1.29, 1.82) is 0 Å². The SMILES string of the molecule is COc1cc(CCC(=O)OCCCCCC(C)C)ccc1O. The molecule has 4 heteroatoms. The molecule has 0 aliphatic carbocycles. The van der Waals surface area contributed by atoms with Gasteiger partial charge >= 0.3 is 5.97 Å². The summed E-state index contributed by atoms with van der Waals surface area (Å²) >= 11 is 0. The Morgan fingerprint density at radius 3 is 2.68 bits per heavy atom. The van der Waals surface area contributed by atoms with Crippen molar-refractivity contribution in [3.8, 4) is 11.5 Å². The van der Waals surface area contributed by atoms with Crippen molar-refractivity contribution in [1.82, 2.24) is 0 Å². The number of unbranched alkanes of at least 4 members (excludes halogenated alkanes) is 2. The lowest BCUT2D eigenvalue weighted by Crippen LogP contribution is -2.07. The molecular weight excluding hydrogens is 280 g/mol. The van der Waals surface area contributed by atoms with Gasteiger partial charge in [-0.15, -0.1) is 0 Å². The van der Waals surface area contributed by atoms with Crippen LogP contribution in [0.3, 0.4) is 0 Å². The van der Waals surface area contributed by atoms with Gasteiger partial charge in [-0.05, 0) is 36.5 Å². The molecule has 1 aromatic carbocycles. The molecule has 0 amide bonds. The van der Waals surface area contributed by atoms with Crippen LogP contribution in [-0.4, -0.2) is 24.8 Å². The highest BCUT2D eigenvalue weighted by atomic mass is 16.5. The molecule has 0 unspecified atom stereocenters. The zero-order chi connectivity index (χ0) is 16.4. The second-order valence-corrected chi connectivity index (χ2v) is 5.97. The minimum atomic E-state index is -0.170. The predicted molar refractivity (Wildman–Crippen MR) is 87.2 cm³/mol. The van der Waals surface area contributed by atoms with Crippen LogP contribution in [0, 0.1) is 5.92 Å². The van der Waals surface area contributed by atoms with Crippen LogP contribution in [0.2, 0.25) is 0 Å². The topological polar surface area (TPSA) is 55.8 Å². The van der Waals surface area contributed by atoms with E-state index in [4.69, 9.17) is 9.47 Å². The van der Waals surface area contributed by atoms with Crippen molar-refractivity contribution in [3.05, 3.63) is 23.8 Å². The fourth-order valence-corrected chi connectivity index (χ4v) is 2.21. The van der Waals surface area contributed by atoms with Crippen LogP contribution in [0.4, 0.5) is 0 Å². The van der Waals surface area contributed by atoms with Crippen LogP contribution in [0.15, 0.2) is 18.2 Å². The summed E-state index contributed by atoms with van der Waals surface area (Å²) in [5, 5.41) is 9.52. The maximum Gasteiger partial charge on any atom is 0.306 e. The number of carbonyl (C=O) groups excluding carboxylic acids is 1. The van der Waals surface area contributed by atoms with Gasteiger partial charge in [0.25, 0.3) is 0 Å². The van der Waals surface area contributed by atoms with E-state index in [2.05, 4.69) is 13.8 Å². The lowest BCUT2D eigenvalue weighted by Gasteiger charge is -2.08. The Labute approximate surface area is 133 Å². The van der Waals surface area contributed by atoms with E-state index in [9.17, 15) is 9.90 Å². The van der Waals surface area contributed by atoms with Crippen molar-refractivity contribution < 1.29 is 19.4 Å². The first-order valence-corrected chi connectivity index (χ1v) is 8.04. The Balaban J connectivity index is 2.18. The van der Waals surface area contributed by atoms with Crippen LogP contribution in [0.1, 0.15) is 51.5 Å². The van der Waals surface area contributed by atoms with Crippen LogP contribution < -0.4 is 4.74 Å². The standard InChI is InChI=1S/C18H28O4/c1-14(2)7-5-4-6-12-22-18(20)11-9-15-8-10-16(19)17(13-15)21-3/h8,10,13-14,19H,4-7,9,11-12H2,1-3H3. The number of esters is 1. The van der Waals surface area contributed by atoms with E-state index in [0.717, 1.165) is 24.3 Å². The molecule has 0 aliphatic heterocycles. The van der Waals surface area contributed by atoms with Crippen molar-refractivity contribution in [2.45, 2.75) is 52.4 Å². The number of ether oxygens (including phenoxy) is 2. The van der Waals surface area contributed by atoms with E-state index in [1.165, 1.54) is 20.0 Å². The third-order valence-electron chi connectivity index (χ3n) is 3.55. The summed E-state index contributed by atoms with van der Waals surface area (Å²) in [6.07, 6.45) is 5.41. The van der Waals surface area contributed by atoms with Gasteiger partial charge in [0, 0.05) is 6.42 Å². The van der Waals surface area contributed by atoms with Gasteiger partial charge in [-0.3, -0.25) is 4.79 Å². The van der Waals surface area contributed by atoms with Gasteiger partial charge < -0.3 is 14.6 Å². The Hall–Kier alpha value is -1.71. The molecule has 0 spiro atoms. The number of hydrogen-bond acceptors (Lipinski definition) is 4. The monoisotopic (exact) mass is 308 g/mol. The van der Waals surface area contributed by atoms with E-state index in [-0.39, 0.29) is 11.7 Å². The summed E-state index contributed by atoms with van der Waals surface area (Å²) in [5.41, 5.74) is 0.948. The average Bonchev–Trinajstić information content (AvgIpc) is 2.49. The molecule has 0 aromatic heterocycles. The zero-order valence-electron chi connectivity index (χ0n) is 13.9. The number of hydrogen-bond donors (Lipinski definition) is 1. The largest absolute Gasteiger partial charge is 0.504 e. The molecule has 0 radical (unpaired) electrons. The highest BCUT2D eigenvalue weighted by molar-refractivity contribution is 5.69. The van der Waals surface area contributed by atoms with Gasteiger partial charge in [-0.2, -0.15) is 0 Å². The number of benzene rings is 1. The molecule has 0 atom stereocenters. The smallest absolute Gasteiger partial charge is 0.306 e. The van der Waals surface area contributed by atoms with Crippen LogP contribution in [-0.2, 0) is 16.0 Å². The van der Waals surface area contributed by atoms with Gasteiger partial charge in [0.15, 0.2) is 11.5 Å². The summed E-state index contributed by atoms with van der Waals surface area (Å²) in [6, 6.07) is 5.11. The lowest BCUT2D eigenvalue weighted by molar-refractivity contribution is -0.143. The molecule has 22 heavy (non-hydrogen) atoms. The Bertz CT molecular complexity index is 454. The van der Waals surface area contributed by atoms with Gasteiger partial charge in [0.2, 0.25) is 0 Å². The summed E-state index contributed by atoms with van der Waals surface area (Å²) in [7, 11) is 1.51. The molecule has 0 saturated heterocycles. The number of phenols is 1. The minimum absolute atomic E-state index is 0.107. The Kier molecular flexibility index (Phi) is 8.41. The third-order valence-corrected chi connectivity index (χ3v) is 3.55. The maximum absolute atomic E-state index is 11.7. The lowest BCUT2D eigenvalue weighted by atomic mass is 10.1. The molecule has 0 bridgehead atoms. The summed E-state index contributed by atoms with van der Waals surface area (Å²) < 4.78 is 10.3. The van der Waals surface area contributed by atoms with E-state index in [1.807, 2.05) is 0 Å². The second-order valence-electron chi connectivity index (χ2n) is 5.97. The summed E-state index contributed by atoms with van der Waals surface area (Å²) in [5.74, 6) is 1.10. The third kappa shape index (κ3) is 7.34. The molecule has 124 valence electrons. The van der Waals surface area contributed by atoms with Crippen LogP contribution in [0.25, 0.3) is 0 Å². The maximum atomic E-state index is 11.7. The average molecular weight is 308 g/mol. The van der Waals surface area contributed by atoms with Gasteiger partial charge in [-0.1, -0.05) is 39.2 Å². The molecule has 0 fully saturated rings. The van der Waals surface area contributed by atoms with Gasteiger partial charge in [-0.25, -0.2) is 0 Å². The quantitative estimate of drug-likeness (QED) is 0.522. The van der Waals surface area contributed by atoms with E-state index >= 15 is 0 Å². The van der Waals surface area contributed by atoms with E-state index < -0.39 is 0 Å². The first-order valence-electron chi connectivity index (χ1n) is 8.04. The first kappa shape index (κ1) is 18.3. The molecule has 4 nitrogen and oxygen atoms in total. The zero-order valence-corrected chi connectivity index (χ0v) is 13.9. The van der Waals surface area contributed by atoms with Crippen molar-refractivity contribution in [2.75, 3.05) is 13.7 Å². The highest BCUT2D eigenvalue weighted by Crippen LogP contribution is 2.26. The normalized spacial score (nSPS) is 10.7. The second kappa shape index (κ2) is 10.1. The van der Waals surface area contributed by atoms with Crippen molar-refractivity contribution in [2.24, 2.45) is 5.92 Å². The van der Waals surface area contributed by atoms with Crippen LogP contribution in [0.5, 0.6) is 11.5 Å². The fourth-order valence-electron chi connectivity index (χ4n) is 2.21. The van der Waals surface area contributed by atoms with E-state index in [1.54, 1.807) is 18.2 Å². The number of carbonyl (C=O) groups is 1. The molecule has 0 heterocycles. The molecule has 1 N–H and O–H groups in total. The number of methoxy groups -OCH3 is 1.